The van der Waals surface area contributed by atoms with E-state index in [1.54, 1.807) is 7.11 Å². The van der Waals surface area contributed by atoms with E-state index in [1.807, 2.05) is 25.1 Å². The van der Waals surface area contributed by atoms with Gasteiger partial charge in [0, 0.05) is 6.54 Å². The number of carbonyl (C=O) groups excluding carboxylic acids is 1. The number of nitrogens with one attached hydrogen (secondary N) is 1. The maximum Gasteiger partial charge on any atom is 0.319 e. The van der Waals surface area contributed by atoms with E-state index in [0.29, 0.717) is 6.54 Å². The third-order valence-corrected chi connectivity index (χ3v) is 2.29. The molecule has 0 aliphatic heterocycles. The summed E-state index contributed by atoms with van der Waals surface area (Å²) in [6.07, 6.45) is 0. The Bertz CT molecular complexity index is 363. The average Bonchev–Trinajstić information content (AvgIpc) is 2.29. The van der Waals surface area contributed by atoms with Crippen molar-refractivity contribution < 1.29 is 14.3 Å². The summed E-state index contributed by atoms with van der Waals surface area (Å²) >= 11 is 0. The summed E-state index contributed by atoms with van der Waals surface area (Å²) in [5.74, 6) is 0.613. The molecule has 88 valence electrons. The summed E-state index contributed by atoms with van der Waals surface area (Å²) in [7, 11) is 3.03. The molecule has 0 aromatic heterocycles. The van der Waals surface area contributed by atoms with Crippen molar-refractivity contribution in [2.45, 2.75) is 13.5 Å². The Balaban J connectivity index is 2.49. The van der Waals surface area contributed by atoms with Crippen molar-refractivity contribution in [2.24, 2.45) is 0 Å². The second-order valence-corrected chi connectivity index (χ2v) is 3.48. The molecule has 0 atom stereocenters. The van der Waals surface area contributed by atoms with Crippen LogP contribution in [-0.4, -0.2) is 26.7 Å². The molecular weight excluding hydrogens is 206 g/mol. The summed E-state index contributed by atoms with van der Waals surface area (Å²) in [6, 6.07) is 5.92. The molecule has 0 amide bonds. The van der Waals surface area contributed by atoms with Crippen LogP contribution in [0.15, 0.2) is 18.2 Å². The Hall–Kier alpha value is -1.55. The lowest BCUT2D eigenvalue weighted by Crippen LogP contribution is -2.23. The number of hydrogen-bond donors (Lipinski definition) is 1. The van der Waals surface area contributed by atoms with Gasteiger partial charge in [-0.2, -0.15) is 0 Å². The van der Waals surface area contributed by atoms with Crippen LogP contribution in [0, 0.1) is 6.92 Å². The molecule has 0 fully saturated rings. The summed E-state index contributed by atoms with van der Waals surface area (Å²) < 4.78 is 9.69. The minimum atomic E-state index is -0.259. The van der Waals surface area contributed by atoms with Gasteiger partial charge in [-0.3, -0.25) is 4.79 Å². The van der Waals surface area contributed by atoms with E-state index in [-0.39, 0.29) is 12.5 Å². The van der Waals surface area contributed by atoms with Gasteiger partial charge in [0.1, 0.15) is 5.75 Å². The van der Waals surface area contributed by atoms with E-state index >= 15 is 0 Å². The van der Waals surface area contributed by atoms with Gasteiger partial charge in [0.15, 0.2) is 0 Å². The van der Waals surface area contributed by atoms with Gasteiger partial charge in [-0.25, -0.2) is 0 Å². The maximum atomic E-state index is 10.9. The summed E-state index contributed by atoms with van der Waals surface area (Å²) in [5.41, 5.74) is 2.20. The fraction of sp³-hybridized carbons (Fsp3) is 0.417. The monoisotopic (exact) mass is 223 g/mol. The highest BCUT2D eigenvalue weighted by Crippen LogP contribution is 2.18. The second kappa shape index (κ2) is 6.12. The van der Waals surface area contributed by atoms with Gasteiger partial charge >= 0.3 is 5.97 Å². The Kier molecular flexibility index (Phi) is 4.79. The molecule has 0 saturated heterocycles. The van der Waals surface area contributed by atoms with Crippen molar-refractivity contribution in [1.82, 2.24) is 5.32 Å². The molecule has 1 aromatic rings. The fourth-order valence-corrected chi connectivity index (χ4v) is 1.43. The third kappa shape index (κ3) is 3.55. The van der Waals surface area contributed by atoms with Crippen LogP contribution >= 0.6 is 0 Å². The van der Waals surface area contributed by atoms with E-state index in [2.05, 4.69) is 10.1 Å². The summed E-state index contributed by atoms with van der Waals surface area (Å²) in [5, 5.41) is 3.00. The average molecular weight is 223 g/mol. The summed E-state index contributed by atoms with van der Waals surface area (Å²) in [4.78, 5) is 10.9. The van der Waals surface area contributed by atoms with Crippen LogP contribution < -0.4 is 10.1 Å². The van der Waals surface area contributed by atoms with Crippen LogP contribution in [0.25, 0.3) is 0 Å². The van der Waals surface area contributed by atoms with Crippen molar-refractivity contribution in [3.63, 3.8) is 0 Å². The molecular formula is C12H17NO3. The Morgan fingerprint density at radius 2 is 2.12 bits per heavy atom. The molecule has 4 heteroatoms. The molecule has 0 spiro atoms. The van der Waals surface area contributed by atoms with Crippen LogP contribution in [0.5, 0.6) is 5.75 Å². The Morgan fingerprint density at radius 3 is 2.69 bits per heavy atom. The highest BCUT2D eigenvalue weighted by atomic mass is 16.5. The number of rotatable bonds is 5. The zero-order chi connectivity index (χ0) is 12.0. The van der Waals surface area contributed by atoms with E-state index in [4.69, 9.17) is 4.74 Å². The number of aryl methyl sites for hydroxylation is 1. The predicted octanol–water partition coefficient (Wildman–Crippen LogP) is 1.27. The van der Waals surface area contributed by atoms with Gasteiger partial charge in [-0.1, -0.05) is 12.1 Å². The predicted molar refractivity (Wildman–Crippen MR) is 61.5 cm³/mol. The fourth-order valence-electron chi connectivity index (χ4n) is 1.43. The van der Waals surface area contributed by atoms with E-state index in [1.165, 1.54) is 7.11 Å². The lowest BCUT2D eigenvalue weighted by atomic mass is 10.1. The highest BCUT2D eigenvalue weighted by molar-refractivity contribution is 5.71. The lowest BCUT2D eigenvalue weighted by Gasteiger charge is -2.08. The van der Waals surface area contributed by atoms with Crippen molar-refractivity contribution in [3.05, 3.63) is 29.3 Å². The molecule has 0 radical (unpaired) electrons. The van der Waals surface area contributed by atoms with Crippen LogP contribution in [0.3, 0.4) is 0 Å². The topological polar surface area (TPSA) is 47.6 Å². The largest absolute Gasteiger partial charge is 0.496 e. The molecule has 0 unspecified atom stereocenters. The van der Waals surface area contributed by atoms with Crippen LogP contribution in [-0.2, 0) is 16.1 Å². The minimum Gasteiger partial charge on any atom is -0.496 e. The number of benzene rings is 1. The second-order valence-electron chi connectivity index (χ2n) is 3.48. The number of hydrogen-bond acceptors (Lipinski definition) is 4. The molecule has 4 nitrogen and oxygen atoms in total. The zero-order valence-corrected chi connectivity index (χ0v) is 9.87. The first-order valence-corrected chi connectivity index (χ1v) is 5.08. The number of methoxy groups -OCH3 is 2. The van der Waals surface area contributed by atoms with Gasteiger partial charge in [0.05, 0.1) is 20.8 Å². The standard InChI is InChI=1S/C12H17NO3/c1-9-6-10(4-5-11(9)15-2)7-13-8-12(14)16-3/h4-6,13H,7-8H2,1-3H3. The smallest absolute Gasteiger partial charge is 0.319 e. The Morgan fingerprint density at radius 1 is 1.38 bits per heavy atom. The van der Waals surface area contributed by atoms with Gasteiger partial charge in [-0.05, 0) is 24.1 Å². The molecule has 0 aliphatic rings. The minimum absolute atomic E-state index is 0.224. The number of esters is 1. The third-order valence-electron chi connectivity index (χ3n) is 2.29. The maximum absolute atomic E-state index is 10.9. The van der Waals surface area contributed by atoms with Gasteiger partial charge in [0.25, 0.3) is 0 Å². The molecule has 1 rings (SSSR count). The van der Waals surface area contributed by atoms with Crippen LogP contribution in [0.1, 0.15) is 11.1 Å². The molecule has 16 heavy (non-hydrogen) atoms. The van der Waals surface area contributed by atoms with Crippen molar-refractivity contribution in [3.8, 4) is 5.75 Å². The molecule has 0 bridgehead atoms. The molecule has 0 heterocycles. The normalized spacial score (nSPS) is 9.94. The van der Waals surface area contributed by atoms with E-state index in [9.17, 15) is 4.79 Å². The van der Waals surface area contributed by atoms with Crippen molar-refractivity contribution in [2.75, 3.05) is 20.8 Å². The van der Waals surface area contributed by atoms with Crippen molar-refractivity contribution >= 4 is 5.97 Å². The first-order chi connectivity index (χ1) is 7.67. The highest BCUT2D eigenvalue weighted by Gasteiger charge is 2.01. The first kappa shape index (κ1) is 12.5. The molecule has 0 aliphatic carbocycles. The molecule has 1 aromatic carbocycles. The SMILES string of the molecule is COC(=O)CNCc1ccc(OC)c(C)c1. The van der Waals surface area contributed by atoms with E-state index < -0.39 is 0 Å². The summed E-state index contributed by atoms with van der Waals surface area (Å²) in [6.45, 7) is 2.85. The number of carbonyl (C=O) groups is 1. The first-order valence-electron chi connectivity index (χ1n) is 5.08. The van der Waals surface area contributed by atoms with E-state index in [0.717, 1.165) is 16.9 Å². The lowest BCUT2D eigenvalue weighted by molar-refractivity contribution is -0.139. The Labute approximate surface area is 95.6 Å². The quantitative estimate of drug-likeness (QED) is 0.764. The van der Waals surface area contributed by atoms with Crippen molar-refractivity contribution in [1.29, 1.82) is 0 Å². The van der Waals surface area contributed by atoms with Gasteiger partial charge in [0.2, 0.25) is 0 Å². The number of ether oxygens (including phenoxy) is 2. The van der Waals surface area contributed by atoms with Gasteiger partial charge in [-0.15, -0.1) is 0 Å². The zero-order valence-electron chi connectivity index (χ0n) is 9.87. The molecule has 1 N–H and O–H groups in total. The molecule has 0 saturated carbocycles. The van der Waals surface area contributed by atoms with Crippen LogP contribution in [0.2, 0.25) is 0 Å². The van der Waals surface area contributed by atoms with Gasteiger partial charge < -0.3 is 14.8 Å². The van der Waals surface area contributed by atoms with Crippen LogP contribution in [0.4, 0.5) is 0 Å².